The summed E-state index contributed by atoms with van der Waals surface area (Å²) in [6, 6.07) is 8.15. The van der Waals surface area contributed by atoms with Gasteiger partial charge in [0.25, 0.3) is 0 Å². The van der Waals surface area contributed by atoms with Crippen molar-refractivity contribution < 1.29 is 4.74 Å². The molecule has 0 amide bonds. The maximum Gasteiger partial charge on any atom is 0.0594 e. The number of nitrogens with zero attached hydrogens (tertiary/aromatic N) is 1. The Labute approximate surface area is 90.8 Å². The van der Waals surface area contributed by atoms with Gasteiger partial charge < -0.3 is 10.5 Å². The maximum atomic E-state index is 5.64. The van der Waals surface area contributed by atoms with Gasteiger partial charge in [-0.2, -0.15) is 0 Å². The van der Waals surface area contributed by atoms with Gasteiger partial charge in [0.05, 0.1) is 13.2 Å². The molecule has 2 N–H and O–H groups in total. The van der Waals surface area contributed by atoms with Crippen LogP contribution >= 0.6 is 0 Å². The second-order valence-electron chi connectivity index (χ2n) is 3.95. The van der Waals surface area contributed by atoms with Crippen molar-refractivity contribution in [2.75, 3.05) is 38.6 Å². The molecular formula is C12H18N2O. The highest BCUT2D eigenvalue weighted by Gasteiger charge is 2.09. The Morgan fingerprint density at radius 3 is 2.47 bits per heavy atom. The van der Waals surface area contributed by atoms with Gasteiger partial charge in [-0.3, -0.25) is 4.90 Å². The van der Waals surface area contributed by atoms with Crippen molar-refractivity contribution in [3.63, 3.8) is 0 Å². The second kappa shape index (κ2) is 5.14. The van der Waals surface area contributed by atoms with E-state index in [-0.39, 0.29) is 0 Å². The fraction of sp³-hybridized carbons (Fsp3) is 0.500. The van der Waals surface area contributed by atoms with Crippen LogP contribution in [0.2, 0.25) is 0 Å². The molecule has 1 heterocycles. The Kier molecular flexibility index (Phi) is 3.59. The summed E-state index contributed by atoms with van der Waals surface area (Å²) in [6.07, 6.45) is 1.10. The van der Waals surface area contributed by atoms with Crippen molar-refractivity contribution in [2.45, 2.75) is 6.42 Å². The lowest BCUT2D eigenvalue weighted by Crippen LogP contribution is -2.37. The van der Waals surface area contributed by atoms with Crippen LogP contribution in [0.25, 0.3) is 0 Å². The molecular weight excluding hydrogens is 188 g/mol. The molecule has 0 aliphatic carbocycles. The van der Waals surface area contributed by atoms with E-state index in [0.717, 1.165) is 45.0 Å². The molecule has 15 heavy (non-hydrogen) atoms. The average Bonchev–Trinajstić information content (AvgIpc) is 2.30. The first-order chi connectivity index (χ1) is 7.34. The molecule has 3 nitrogen and oxygen atoms in total. The van der Waals surface area contributed by atoms with Crippen LogP contribution < -0.4 is 5.73 Å². The Morgan fingerprint density at radius 1 is 1.13 bits per heavy atom. The summed E-state index contributed by atoms with van der Waals surface area (Å²) in [6.45, 7) is 5.00. The van der Waals surface area contributed by atoms with E-state index in [2.05, 4.69) is 17.0 Å². The van der Waals surface area contributed by atoms with E-state index in [1.165, 1.54) is 5.56 Å². The Balaban J connectivity index is 1.79. The first-order valence-electron chi connectivity index (χ1n) is 5.49. The minimum atomic E-state index is 0.838. The minimum absolute atomic E-state index is 0.838. The molecule has 1 aliphatic heterocycles. The summed E-state index contributed by atoms with van der Waals surface area (Å²) in [5.41, 5.74) is 7.83. The smallest absolute Gasteiger partial charge is 0.0594 e. The number of hydrogen-bond acceptors (Lipinski definition) is 3. The van der Waals surface area contributed by atoms with E-state index in [1.807, 2.05) is 12.1 Å². The number of anilines is 1. The van der Waals surface area contributed by atoms with E-state index >= 15 is 0 Å². The van der Waals surface area contributed by atoms with Crippen LogP contribution in [-0.2, 0) is 11.2 Å². The molecule has 82 valence electrons. The van der Waals surface area contributed by atoms with Gasteiger partial charge >= 0.3 is 0 Å². The number of ether oxygens (including phenoxy) is 1. The van der Waals surface area contributed by atoms with Gasteiger partial charge in [0, 0.05) is 25.3 Å². The fourth-order valence-electron chi connectivity index (χ4n) is 1.80. The van der Waals surface area contributed by atoms with Crippen molar-refractivity contribution >= 4 is 5.69 Å². The summed E-state index contributed by atoms with van der Waals surface area (Å²) in [5.74, 6) is 0. The average molecular weight is 206 g/mol. The molecule has 1 aromatic carbocycles. The van der Waals surface area contributed by atoms with E-state index < -0.39 is 0 Å². The summed E-state index contributed by atoms with van der Waals surface area (Å²) in [7, 11) is 0. The highest BCUT2D eigenvalue weighted by molar-refractivity contribution is 5.39. The molecule has 0 saturated carbocycles. The molecule has 0 atom stereocenters. The Morgan fingerprint density at radius 2 is 1.80 bits per heavy atom. The zero-order valence-electron chi connectivity index (χ0n) is 8.98. The quantitative estimate of drug-likeness (QED) is 0.754. The van der Waals surface area contributed by atoms with E-state index in [1.54, 1.807) is 0 Å². The molecule has 1 aromatic rings. The Hall–Kier alpha value is -1.06. The third kappa shape index (κ3) is 3.22. The first kappa shape index (κ1) is 10.5. The standard InChI is InChI=1S/C12H18N2O/c13-12-3-1-11(2-4-12)5-6-14-7-9-15-10-8-14/h1-4H,5-10,13H2. The highest BCUT2D eigenvalue weighted by Crippen LogP contribution is 2.07. The van der Waals surface area contributed by atoms with E-state index in [0.29, 0.717) is 0 Å². The molecule has 1 aliphatic rings. The van der Waals surface area contributed by atoms with Crippen LogP contribution in [0.4, 0.5) is 5.69 Å². The summed E-state index contributed by atoms with van der Waals surface area (Å²) >= 11 is 0. The van der Waals surface area contributed by atoms with Gasteiger partial charge in [-0.05, 0) is 24.1 Å². The molecule has 3 heteroatoms. The highest BCUT2D eigenvalue weighted by atomic mass is 16.5. The second-order valence-corrected chi connectivity index (χ2v) is 3.95. The fourth-order valence-corrected chi connectivity index (χ4v) is 1.80. The van der Waals surface area contributed by atoms with Crippen molar-refractivity contribution in [3.8, 4) is 0 Å². The molecule has 1 saturated heterocycles. The molecule has 0 radical (unpaired) electrons. The van der Waals surface area contributed by atoms with E-state index in [9.17, 15) is 0 Å². The van der Waals surface area contributed by atoms with Crippen molar-refractivity contribution in [1.29, 1.82) is 0 Å². The topological polar surface area (TPSA) is 38.5 Å². The van der Waals surface area contributed by atoms with Crippen molar-refractivity contribution in [1.82, 2.24) is 4.90 Å². The molecule has 2 rings (SSSR count). The molecule has 0 spiro atoms. The van der Waals surface area contributed by atoms with Crippen LogP contribution in [0.5, 0.6) is 0 Å². The number of nitrogens with two attached hydrogens (primary N) is 1. The van der Waals surface area contributed by atoms with Crippen LogP contribution in [0.1, 0.15) is 5.56 Å². The molecule has 1 fully saturated rings. The molecule has 0 aromatic heterocycles. The summed E-state index contributed by atoms with van der Waals surface area (Å²) in [5, 5.41) is 0. The third-order valence-electron chi connectivity index (χ3n) is 2.80. The largest absolute Gasteiger partial charge is 0.399 e. The summed E-state index contributed by atoms with van der Waals surface area (Å²) in [4.78, 5) is 2.44. The zero-order chi connectivity index (χ0) is 10.5. The summed E-state index contributed by atoms with van der Waals surface area (Å²) < 4.78 is 5.31. The third-order valence-corrected chi connectivity index (χ3v) is 2.80. The lowest BCUT2D eigenvalue weighted by Gasteiger charge is -2.26. The number of hydrogen-bond donors (Lipinski definition) is 1. The van der Waals surface area contributed by atoms with Gasteiger partial charge in [-0.25, -0.2) is 0 Å². The van der Waals surface area contributed by atoms with Crippen LogP contribution in [0.15, 0.2) is 24.3 Å². The first-order valence-corrected chi connectivity index (χ1v) is 5.49. The predicted molar refractivity (Wildman–Crippen MR) is 61.8 cm³/mol. The Bertz CT molecular complexity index is 291. The minimum Gasteiger partial charge on any atom is -0.399 e. The molecule has 0 unspecified atom stereocenters. The normalized spacial score (nSPS) is 17.9. The number of morpholine rings is 1. The van der Waals surface area contributed by atoms with Gasteiger partial charge in [0.2, 0.25) is 0 Å². The van der Waals surface area contributed by atoms with Crippen LogP contribution in [0, 0.1) is 0 Å². The van der Waals surface area contributed by atoms with Gasteiger partial charge in [-0.15, -0.1) is 0 Å². The van der Waals surface area contributed by atoms with Gasteiger partial charge in [-0.1, -0.05) is 12.1 Å². The SMILES string of the molecule is Nc1ccc(CCN2CCOCC2)cc1. The monoisotopic (exact) mass is 206 g/mol. The predicted octanol–water partition coefficient (Wildman–Crippen LogP) is 1.14. The number of rotatable bonds is 3. The number of benzene rings is 1. The van der Waals surface area contributed by atoms with Gasteiger partial charge in [0.1, 0.15) is 0 Å². The van der Waals surface area contributed by atoms with Crippen LogP contribution in [-0.4, -0.2) is 37.7 Å². The van der Waals surface area contributed by atoms with Crippen molar-refractivity contribution in [2.24, 2.45) is 0 Å². The lowest BCUT2D eigenvalue weighted by atomic mass is 10.1. The zero-order valence-corrected chi connectivity index (χ0v) is 8.98. The lowest BCUT2D eigenvalue weighted by molar-refractivity contribution is 0.0384. The van der Waals surface area contributed by atoms with Crippen molar-refractivity contribution in [3.05, 3.63) is 29.8 Å². The van der Waals surface area contributed by atoms with Gasteiger partial charge in [0.15, 0.2) is 0 Å². The van der Waals surface area contributed by atoms with E-state index in [4.69, 9.17) is 10.5 Å². The maximum absolute atomic E-state index is 5.64. The van der Waals surface area contributed by atoms with Crippen LogP contribution in [0.3, 0.4) is 0 Å². The number of nitrogen functional groups attached to an aromatic ring is 1. The molecule has 0 bridgehead atoms.